The first-order valence-corrected chi connectivity index (χ1v) is 9.79. The van der Waals surface area contributed by atoms with Gasteiger partial charge in [-0.3, -0.25) is 10.1 Å². The zero-order chi connectivity index (χ0) is 26.0. The maximum Gasteiger partial charge on any atom is 0.434 e. The Balaban J connectivity index is 1.72. The van der Waals surface area contributed by atoms with Crippen molar-refractivity contribution in [1.29, 1.82) is 5.26 Å². The summed E-state index contributed by atoms with van der Waals surface area (Å²) in [6.07, 6.45) is -0.806. The number of aromatic nitrogens is 7. The molecule has 0 bridgehead atoms. The molecule has 36 heavy (non-hydrogen) atoms. The minimum atomic E-state index is -5.02. The van der Waals surface area contributed by atoms with Gasteiger partial charge in [0.15, 0.2) is 11.5 Å². The standard InChI is InChI=1S/C20H13F3N10O3/c1-10-14(2-3-25-16(10)31-19(35)36)32-15(20(21,22)23)13(9-29-32)18(34)30-12-6-11(7-24)17(26-8-12)33-27-4-5-28-33/h2-6,8-9H,1H3,(H,25,31)(H,30,34)(H,35,36). The third kappa shape index (κ3) is 4.52. The predicted octanol–water partition coefficient (Wildman–Crippen LogP) is 2.78. The van der Waals surface area contributed by atoms with Gasteiger partial charge in [-0.25, -0.2) is 19.4 Å². The second-order valence-corrected chi connectivity index (χ2v) is 7.03. The normalized spacial score (nSPS) is 11.1. The maximum absolute atomic E-state index is 14.1. The molecule has 0 aromatic carbocycles. The molecule has 4 aromatic rings. The summed E-state index contributed by atoms with van der Waals surface area (Å²) in [6, 6.07) is 4.26. The van der Waals surface area contributed by atoms with Crippen molar-refractivity contribution in [3.63, 3.8) is 0 Å². The number of carbonyl (C=O) groups excluding carboxylic acids is 1. The molecule has 0 spiro atoms. The molecule has 0 fully saturated rings. The van der Waals surface area contributed by atoms with E-state index in [1.807, 2.05) is 11.4 Å². The van der Waals surface area contributed by atoms with Crippen LogP contribution in [0.5, 0.6) is 0 Å². The third-order valence-electron chi connectivity index (χ3n) is 4.76. The van der Waals surface area contributed by atoms with E-state index >= 15 is 0 Å². The molecule has 4 aromatic heterocycles. The topological polar surface area (TPSA) is 177 Å². The van der Waals surface area contributed by atoms with Gasteiger partial charge in [0, 0.05) is 11.8 Å². The van der Waals surface area contributed by atoms with E-state index in [4.69, 9.17) is 5.11 Å². The molecular formula is C20H13F3N10O3. The first-order chi connectivity index (χ1) is 17.1. The lowest BCUT2D eigenvalue weighted by molar-refractivity contribution is -0.143. The van der Waals surface area contributed by atoms with Crippen LogP contribution in [0.3, 0.4) is 0 Å². The maximum atomic E-state index is 14.1. The van der Waals surface area contributed by atoms with Crippen molar-refractivity contribution >= 4 is 23.5 Å². The van der Waals surface area contributed by atoms with Crippen LogP contribution in [-0.4, -0.2) is 51.8 Å². The number of anilines is 2. The Bertz CT molecular complexity index is 1510. The molecule has 0 radical (unpaired) electrons. The molecule has 13 nitrogen and oxygen atoms in total. The van der Waals surface area contributed by atoms with E-state index in [9.17, 15) is 28.0 Å². The second-order valence-electron chi connectivity index (χ2n) is 7.03. The number of halogens is 3. The first kappa shape index (κ1) is 23.8. The fourth-order valence-electron chi connectivity index (χ4n) is 3.24. The van der Waals surface area contributed by atoms with Gasteiger partial charge >= 0.3 is 12.3 Å². The minimum Gasteiger partial charge on any atom is -0.465 e. The average molecular weight is 498 g/mol. The van der Waals surface area contributed by atoms with Crippen molar-refractivity contribution in [3.8, 4) is 17.6 Å². The number of carbonyl (C=O) groups is 2. The highest BCUT2D eigenvalue weighted by Crippen LogP contribution is 2.35. The molecule has 0 saturated carbocycles. The highest BCUT2D eigenvalue weighted by atomic mass is 19.4. The highest BCUT2D eigenvalue weighted by Gasteiger charge is 2.41. The van der Waals surface area contributed by atoms with Crippen LogP contribution in [0.4, 0.5) is 29.5 Å². The zero-order valence-corrected chi connectivity index (χ0v) is 18.0. The summed E-state index contributed by atoms with van der Waals surface area (Å²) in [7, 11) is 0. The van der Waals surface area contributed by atoms with Crippen LogP contribution in [0.15, 0.2) is 43.1 Å². The molecule has 0 atom stereocenters. The average Bonchev–Trinajstić information content (AvgIpc) is 3.50. The molecular weight excluding hydrogens is 485 g/mol. The van der Waals surface area contributed by atoms with Crippen molar-refractivity contribution < 1.29 is 27.9 Å². The number of nitrogens with one attached hydrogen (secondary N) is 2. The van der Waals surface area contributed by atoms with E-state index < -0.39 is 29.4 Å². The van der Waals surface area contributed by atoms with Crippen molar-refractivity contribution in [1.82, 2.24) is 34.7 Å². The Morgan fingerprint density at radius 1 is 1.08 bits per heavy atom. The van der Waals surface area contributed by atoms with Gasteiger partial charge in [-0.2, -0.15) is 33.7 Å². The van der Waals surface area contributed by atoms with Crippen LogP contribution < -0.4 is 10.6 Å². The van der Waals surface area contributed by atoms with Gasteiger partial charge in [0.2, 0.25) is 0 Å². The monoisotopic (exact) mass is 498 g/mol. The van der Waals surface area contributed by atoms with E-state index in [0.29, 0.717) is 4.68 Å². The Kier molecular flexibility index (Phi) is 6.04. The van der Waals surface area contributed by atoms with Gasteiger partial charge in [-0.05, 0) is 19.1 Å². The highest BCUT2D eigenvalue weighted by molar-refractivity contribution is 6.05. The van der Waals surface area contributed by atoms with E-state index in [-0.39, 0.29) is 34.1 Å². The van der Waals surface area contributed by atoms with Crippen LogP contribution in [0.1, 0.15) is 27.2 Å². The molecule has 0 aliphatic carbocycles. The summed E-state index contributed by atoms with van der Waals surface area (Å²) >= 11 is 0. The van der Waals surface area contributed by atoms with Crippen LogP contribution in [0, 0.1) is 18.3 Å². The molecule has 0 saturated heterocycles. The molecule has 16 heteroatoms. The molecule has 0 aliphatic rings. The van der Waals surface area contributed by atoms with Crippen molar-refractivity contribution in [2.24, 2.45) is 0 Å². The number of hydrogen-bond donors (Lipinski definition) is 3. The lowest BCUT2D eigenvalue weighted by Gasteiger charge is -2.15. The minimum absolute atomic E-state index is 0.0402. The zero-order valence-electron chi connectivity index (χ0n) is 18.0. The summed E-state index contributed by atoms with van der Waals surface area (Å²) in [4.78, 5) is 32.7. The van der Waals surface area contributed by atoms with Crippen LogP contribution in [-0.2, 0) is 6.18 Å². The third-order valence-corrected chi connectivity index (χ3v) is 4.76. The molecule has 2 amide bonds. The number of carboxylic acid groups (broad SMARTS) is 1. The van der Waals surface area contributed by atoms with E-state index in [1.165, 1.54) is 31.5 Å². The molecule has 4 rings (SSSR count). The number of rotatable bonds is 5. The summed E-state index contributed by atoms with van der Waals surface area (Å²) in [6.45, 7) is 1.35. The smallest absolute Gasteiger partial charge is 0.434 e. The van der Waals surface area contributed by atoms with Gasteiger partial charge in [0.25, 0.3) is 5.91 Å². The number of pyridine rings is 2. The van der Waals surface area contributed by atoms with E-state index in [1.54, 1.807) is 0 Å². The first-order valence-electron chi connectivity index (χ1n) is 9.79. The van der Waals surface area contributed by atoms with Gasteiger partial charge < -0.3 is 10.4 Å². The van der Waals surface area contributed by atoms with Gasteiger partial charge in [-0.1, -0.05) is 0 Å². The Labute approximate surface area is 198 Å². The molecule has 4 heterocycles. The van der Waals surface area contributed by atoms with E-state index in [0.717, 1.165) is 23.4 Å². The van der Waals surface area contributed by atoms with Gasteiger partial charge in [0.05, 0.1) is 41.7 Å². The Hall–Kier alpha value is -5.33. The summed E-state index contributed by atoms with van der Waals surface area (Å²) < 4.78 is 42.7. The largest absolute Gasteiger partial charge is 0.465 e. The van der Waals surface area contributed by atoms with Gasteiger partial charge in [0.1, 0.15) is 17.5 Å². The lowest BCUT2D eigenvalue weighted by Crippen LogP contribution is -2.21. The fraction of sp³-hybridized carbons (Fsp3) is 0.100. The lowest BCUT2D eigenvalue weighted by atomic mass is 10.2. The Morgan fingerprint density at radius 3 is 2.44 bits per heavy atom. The van der Waals surface area contributed by atoms with Crippen molar-refractivity contribution in [2.75, 3.05) is 10.6 Å². The second kappa shape index (κ2) is 9.13. The number of hydrogen-bond acceptors (Lipinski definition) is 8. The SMILES string of the molecule is Cc1c(-n2ncc(C(=O)Nc3cnc(-n4nccn4)c(C#N)c3)c2C(F)(F)F)ccnc1NC(=O)O. The molecule has 182 valence electrons. The molecule has 0 unspecified atom stereocenters. The summed E-state index contributed by atoms with van der Waals surface area (Å²) in [5, 5.41) is 34.0. The van der Waals surface area contributed by atoms with E-state index in [2.05, 4.69) is 30.6 Å². The number of amides is 2. The van der Waals surface area contributed by atoms with Crippen molar-refractivity contribution in [3.05, 3.63) is 65.5 Å². The number of nitrogens with zero attached hydrogens (tertiary/aromatic N) is 8. The van der Waals surface area contributed by atoms with Crippen LogP contribution >= 0.6 is 0 Å². The van der Waals surface area contributed by atoms with Crippen molar-refractivity contribution in [2.45, 2.75) is 13.1 Å². The number of nitriles is 1. The van der Waals surface area contributed by atoms with Crippen LogP contribution in [0.2, 0.25) is 0 Å². The molecule has 3 N–H and O–H groups in total. The quantitative estimate of drug-likeness (QED) is 0.373. The van der Waals surface area contributed by atoms with Gasteiger partial charge in [-0.15, -0.1) is 4.80 Å². The summed E-state index contributed by atoms with van der Waals surface area (Å²) in [5.41, 5.74) is -2.41. The summed E-state index contributed by atoms with van der Waals surface area (Å²) in [5.74, 6) is -1.31. The number of alkyl halides is 3. The fourth-order valence-corrected chi connectivity index (χ4v) is 3.24. The van der Waals surface area contributed by atoms with Crippen LogP contribution in [0.25, 0.3) is 11.5 Å². The Morgan fingerprint density at radius 2 is 1.81 bits per heavy atom. The molecule has 0 aliphatic heterocycles. The predicted molar refractivity (Wildman–Crippen MR) is 115 cm³/mol.